The largest absolute Gasteiger partial charge is 0.456 e. The fourth-order valence-corrected chi connectivity index (χ4v) is 2.38. The van der Waals surface area contributed by atoms with Crippen LogP contribution in [-0.2, 0) is 9.53 Å². The molecule has 0 aliphatic carbocycles. The van der Waals surface area contributed by atoms with Crippen molar-refractivity contribution in [2.75, 3.05) is 13.2 Å². The highest BCUT2D eigenvalue weighted by molar-refractivity contribution is 9.10. The molecular weight excluding hydrogens is 374 g/mol. The van der Waals surface area contributed by atoms with Gasteiger partial charge >= 0.3 is 5.97 Å². The maximum Gasteiger partial charge on any atom is 0.325 e. The van der Waals surface area contributed by atoms with E-state index in [4.69, 9.17) is 4.74 Å². The molecular formula is C18H16BrNO4. The van der Waals surface area contributed by atoms with E-state index in [0.717, 1.165) is 10.0 Å². The first-order valence-electron chi connectivity index (χ1n) is 7.25. The Bertz CT molecular complexity index is 710. The summed E-state index contributed by atoms with van der Waals surface area (Å²) in [5, 5.41) is 2.47. The number of esters is 1. The van der Waals surface area contributed by atoms with Crippen molar-refractivity contribution in [2.45, 2.75) is 6.92 Å². The number of hydrogen-bond donors (Lipinski definition) is 1. The number of amides is 1. The zero-order chi connectivity index (χ0) is 17.5. The molecule has 0 saturated heterocycles. The van der Waals surface area contributed by atoms with Crippen molar-refractivity contribution in [3.63, 3.8) is 0 Å². The van der Waals surface area contributed by atoms with E-state index in [9.17, 15) is 14.4 Å². The van der Waals surface area contributed by atoms with Gasteiger partial charge in [0.05, 0.1) is 0 Å². The van der Waals surface area contributed by atoms with Crippen molar-refractivity contribution in [1.82, 2.24) is 5.32 Å². The van der Waals surface area contributed by atoms with Gasteiger partial charge in [0.15, 0.2) is 12.4 Å². The molecule has 0 atom stereocenters. The van der Waals surface area contributed by atoms with Crippen LogP contribution in [0, 0.1) is 6.92 Å². The molecule has 0 fully saturated rings. The summed E-state index contributed by atoms with van der Waals surface area (Å²) in [4.78, 5) is 35.5. The van der Waals surface area contributed by atoms with Crippen LogP contribution in [0.15, 0.2) is 53.0 Å². The molecule has 0 aliphatic heterocycles. The van der Waals surface area contributed by atoms with Gasteiger partial charge in [0, 0.05) is 15.6 Å². The lowest BCUT2D eigenvalue weighted by Crippen LogP contribution is -2.31. The molecule has 2 rings (SSSR count). The van der Waals surface area contributed by atoms with Crippen molar-refractivity contribution in [3.05, 3.63) is 69.7 Å². The van der Waals surface area contributed by atoms with Gasteiger partial charge in [-0.05, 0) is 31.2 Å². The minimum atomic E-state index is -0.667. The second-order valence-electron chi connectivity index (χ2n) is 5.15. The first-order valence-corrected chi connectivity index (χ1v) is 8.04. The lowest BCUT2D eigenvalue weighted by Gasteiger charge is -2.07. The van der Waals surface area contributed by atoms with Crippen molar-refractivity contribution in [2.24, 2.45) is 0 Å². The lowest BCUT2D eigenvalue weighted by molar-refractivity contribution is -0.141. The molecule has 1 N–H and O–H groups in total. The summed E-state index contributed by atoms with van der Waals surface area (Å²) in [6.07, 6.45) is 0. The molecule has 24 heavy (non-hydrogen) atoms. The minimum absolute atomic E-state index is 0.293. The number of nitrogens with one attached hydrogen (secondary N) is 1. The van der Waals surface area contributed by atoms with Gasteiger partial charge in [0.25, 0.3) is 5.91 Å². The molecule has 0 saturated carbocycles. The van der Waals surface area contributed by atoms with Crippen molar-refractivity contribution < 1.29 is 19.1 Å². The first-order chi connectivity index (χ1) is 11.5. The van der Waals surface area contributed by atoms with Crippen molar-refractivity contribution in [1.29, 1.82) is 0 Å². The Balaban J connectivity index is 1.79. The molecule has 6 heteroatoms. The van der Waals surface area contributed by atoms with Gasteiger partial charge in [-0.25, -0.2) is 0 Å². The van der Waals surface area contributed by atoms with Crippen molar-refractivity contribution in [3.8, 4) is 0 Å². The normalized spacial score (nSPS) is 10.1. The van der Waals surface area contributed by atoms with Gasteiger partial charge in [0.2, 0.25) is 0 Å². The SMILES string of the molecule is Cc1cccc(C(=O)NCC(=O)OCC(=O)c2cccc(Br)c2)c1. The van der Waals surface area contributed by atoms with Crippen LogP contribution in [0.5, 0.6) is 0 Å². The lowest BCUT2D eigenvalue weighted by atomic mass is 10.1. The molecule has 5 nitrogen and oxygen atoms in total. The summed E-state index contributed by atoms with van der Waals surface area (Å²) in [6, 6.07) is 13.8. The van der Waals surface area contributed by atoms with E-state index in [-0.39, 0.29) is 24.8 Å². The molecule has 1 amide bonds. The Hall–Kier alpha value is -2.47. The third kappa shape index (κ3) is 5.31. The van der Waals surface area contributed by atoms with Gasteiger partial charge in [0.1, 0.15) is 6.54 Å². The molecule has 0 radical (unpaired) electrons. The summed E-state index contributed by atoms with van der Waals surface area (Å²) in [6.45, 7) is 1.22. The van der Waals surface area contributed by atoms with E-state index < -0.39 is 5.97 Å². The topological polar surface area (TPSA) is 72.5 Å². The van der Waals surface area contributed by atoms with Crippen LogP contribution in [0.2, 0.25) is 0 Å². The molecule has 2 aromatic carbocycles. The summed E-state index contributed by atoms with van der Waals surface area (Å²) in [5.41, 5.74) is 1.86. The van der Waals surface area contributed by atoms with Gasteiger partial charge in [-0.1, -0.05) is 45.8 Å². The summed E-state index contributed by atoms with van der Waals surface area (Å²) >= 11 is 3.27. The predicted octanol–water partition coefficient (Wildman–Crippen LogP) is 2.91. The highest BCUT2D eigenvalue weighted by Crippen LogP contribution is 2.12. The smallest absolute Gasteiger partial charge is 0.325 e. The molecule has 0 aliphatic rings. The quantitative estimate of drug-likeness (QED) is 0.608. The monoisotopic (exact) mass is 389 g/mol. The summed E-state index contributed by atoms with van der Waals surface area (Å²) in [5.74, 6) is -1.34. The first kappa shape index (κ1) is 17.9. The highest BCUT2D eigenvalue weighted by Gasteiger charge is 2.12. The number of hydrogen-bond acceptors (Lipinski definition) is 4. The zero-order valence-corrected chi connectivity index (χ0v) is 14.6. The van der Waals surface area contributed by atoms with Crippen LogP contribution in [0.4, 0.5) is 0 Å². The molecule has 0 aromatic heterocycles. The molecule has 2 aromatic rings. The maximum absolute atomic E-state index is 11.9. The number of ether oxygens (including phenoxy) is 1. The number of benzene rings is 2. The molecule has 0 heterocycles. The van der Waals surface area contributed by atoms with E-state index in [2.05, 4.69) is 21.2 Å². The van der Waals surface area contributed by atoms with Gasteiger partial charge in [-0.3, -0.25) is 14.4 Å². The van der Waals surface area contributed by atoms with E-state index in [0.29, 0.717) is 11.1 Å². The van der Waals surface area contributed by atoms with Crippen LogP contribution in [0.1, 0.15) is 26.3 Å². The van der Waals surface area contributed by atoms with Crippen LogP contribution >= 0.6 is 15.9 Å². The number of ketones is 1. The maximum atomic E-state index is 11.9. The van der Waals surface area contributed by atoms with Crippen LogP contribution in [-0.4, -0.2) is 30.8 Å². The standard InChI is InChI=1S/C18H16BrNO4/c1-12-4-2-6-14(8-12)18(23)20-10-17(22)24-11-16(21)13-5-3-7-15(19)9-13/h2-9H,10-11H2,1H3,(H,20,23). The fourth-order valence-electron chi connectivity index (χ4n) is 1.98. The van der Waals surface area contributed by atoms with E-state index in [1.807, 2.05) is 13.0 Å². The Morgan fingerprint density at radius 3 is 2.46 bits per heavy atom. The number of carbonyl (C=O) groups is 3. The fraction of sp³-hybridized carbons (Fsp3) is 0.167. The van der Waals surface area contributed by atoms with E-state index >= 15 is 0 Å². The number of carbonyl (C=O) groups excluding carboxylic acids is 3. The van der Waals surface area contributed by atoms with Gasteiger partial charge < -0.3 is 10.1 Å². The molecule has 0 bridgehead atoms. The van der Waals surface area contributed by atoms with E-state index in [1.165, 1.54) is 0 Å². The minimum Gasteiger partial charge on any atom is -0.456 e. The number of rotatable bonds is 6. The Kier molecular flexibility index (Phi) is 6.26. The van der Waals surface area contributed by atoms with Crippen LogP contribution in [0.25, 0.3) is 0 Å². The second kappa shape index (κ2) is 8.40. The summed E-state index contributed by atoms with van der Waals surface area (Å²) < 4.78 is 5.66. The Morgan fingerprint density at radius 2 is 1.75 bits per heavy atom. The molecule has 0 unspecified atom stereocenters. The Morgan fingerprint density at radius 1 is 1.04 bits per heavy atom. The average Bonchev–Trinajstić information content (AvgIpc) is 2.57. The van der Waals surface area contributed by atoms with E-state index in [1.54, 1.807) is 42.5 Å². The van der Waals surface area contributed by atoms with Gasteiger partial charge in [-0.2, -0.15) is 0 Å². The third-order valence-electron chi connectivity index (χ3n) is 3.18. The number of halogens is 1. The summed E-state index contributed by atoms with van der Waals surface area (Å²) in [7, 11) is 0. The number of aryl methyl sites for hydroxylation is 1. The third-order valence-corrected chi connectivity index (χ3v) is 3.68. The van der Waals surface area contributed by atoms with Crippen molar-refractivity contribution >= 4 is 33.6 Å². The van der Waals surface area contributed by atoms with Crippen LogP contribution in [0.3, 0.4) is 0 Å². The Labute approximate surface area is 148 Å². The van der Waals surface area contributed by atoms with Gasteiger partial charge in [-0.15, -0.1) is 0 Å². The number of Topliss-reactive ketones (excluding diaryl/α,β-unsaturated/α-hetero) is 1. The molecule has 124 valence electrons. The molecule has 0 spiro atoms. The average molecular weight is 390 g/mol. The second-order valence-corrected chi connectivity index (χ2v) is 6.06. The zero-order valence-electron chi connectivity index (χ0n) is 13.0. The van der Waals surface area contributed by atoms with Crippen LogP contribution < -0.4 is 5.32 Å². The predicted molar refractivity (Wildman–Crippen MR) is 92.9 cm³/mol. The highest BCUT2D eigenvalue weighted by atomic mass is 79.9.